The second-order valence-corrected chi connectivity index (χ2v) is 10.8. The van der Waals surface area contributed by atoms with Crippen LogP contribution in [0.1, 0.15) is 27.2 Å². The molecule has 2 heterocycles. The van der Waals surface area contributed by atoms with Crippen molar-refractivity contribution in [3.8, 4) is 28.5 Å². The first kappa shape index (κ1) is 23.8. The number of methoxy groups -OCH3 is 2. The lowest BCUT2D eigenvalue weighted by Crippen LogP contribution is -2.28. The molecule has 0 saturated carbocycles. The third-order valence-electron chi connectivity index (χ3n) is 4.96. The summed E-state index contributed by atoms with van der Waals surface area (Å²) in [6.45, 7) is 4.93. The Morgan fingerprint density at radius 2 is 1.84 bits per heavy atom. The Bertz CT molecular complexity index is 1230. The number of aliphatic hydroxyl groups is 1. The van der Waals surface area contributed by atoms with Gasteiger partial charge in [-0.3, -0.25) is 4.40 Å². The molecule has 174 valence electrons. The summed E-state index contributed by atoms with van der Waals surface area (Å²) in [6, 6.07) is 4.38. The van der Waals surface area contributed by atoms with Crippen LogP contribution in [0.2, 0.25) is 0 Å². The normalized spacial score (nSPS) is 12.2. The predicted octanol–water partition coefficient (Wildman–Crippen LogP) is 3.49. The van der Waals surface area contributed by atoms with Gasteiger partial charge >= 0.3 is 0 Å². The largest absolute Gasteiger partial charge is 0.495 e. The zero-order chi connectivity index (χ0) is 23.7. The molecule has 0 aliphatic heterocycles. The Balaban J connectivity index is 2.21. The number of aliphatic hydroxyl groups excluding tert-OH is 1. The highest BCUT2D eigenvalue weighted by Gasteiger charge is 2.34. The highest BCUT2D eigenvalue weighted by molar-refractivity contribution is 7.92. The van der Waals surface area contributed by atoms with Crippen LogP contribution in [0.3, 0.4) is 0 Å². The Morgan fingerprint density at radius 3 is 2.44 bits per heavy atom. The van der Waals surface area contributed by atoms with Crippen molar-refractivity contribution < 1.29 is 32.1 Å². The van der Waals surface area contributed by atoms with Gasteiger partial charge < -0.3 is 19.3 Å². The number of halogens is 1. The number of fused-ring (bicyclic) bond motifs is 1. The van der Waals surface area contributed by atoms with E-state index < -0.39 is 20.4 Å². The maximum atomic E-state index is 14.8. The third kappa shape index (κ3) is 4.24. The maximum absolute atomic E-state index is 14.8. The minimum atomic E-state index is -3.75. The summed E-state index contributed by atoms with van der Waals surface area (Å²) in [4.78, 5) is 4.33. The average molecular weight is 467 g/mol. The van der Waals surface area contributed by atoms with Crippen LogP contribution in [0.5, 0.6) is 17.2 Å². The Labute approximate surface area is 186 Å². The molecule has 0 radical (unpaired) electrons. The number of nitrogens with zero attached hydrogens (tertiary/aromatic N) is 2. The van der Waals surface area contributed by atoms with Crippen molar-refractivity contribution in [3.05, 3.63) is 36.4 Å². The van der Waals surface area contributed by atoms with Gasteiger partial charge in [0.15, 0.2) is 27.2 Å². The number of hydrogen-bond donors (Lipinski definition) is 1. The van der Waals surface area contributed by atoms with Gasteiger partial charge in [-0.15, -0.1) is 0 Å². The molecule has 1 aromatic carbocycles. The molecular formula is C22H27FN2O6S. The molecular weight excluding hydrogens is 439 g/mol. The van der Waals surface area contributed by atoms with Crippen molar-refractivity contribution in [2.75, 3.05) is 27.4 Å². The molecule has 0 bridgehead atoms. The molecule has 0 atom stereocenters. The molecule has 10 heteroatoms. The zero-order valence-electron chi connectivity index (χ0n) is 18.7. The van der Waals surface area contributed by atoms with Crippen LogP contribution in [0.25, 0.3) is 16.9 Å². The standard InChI is InChI=1S/C22H27FN2O6S/c1-22(2,3)32(27,28)19-13-25-16(12-24-20(25)11-17(19)29-4)14-9-15(23)21(30-5)18(10-14)31-8-6-7-26/h9-13,26H,6-8H2,1-5H3. The maximum Gasteiger partial charge on any atom is 0.196 e. The number of rotatable bonds is 8. The van der Waals surface area contributed by atoms with Crippen LogP contribution in [-0.4, -0.2) is 55.1 Å². The molecule has 0 saturated heterocycles. The molecule has 3 rings (SSSR count). The SMILES string of the molecule is COc1cc2ncc(-c3cc(F)c(OC)c(OCCCO)c3)n2cc1S(=O)(=O)C(C)(C)C. The Hall–Kier alpha value is -2.85. The molecule has 8 nitrogen and oxygen atoms in total. The average Bonchev–Trinajstić information content (AvgIpc) is 3.14. The van der Waals surface area contributed by atoms with E-state index in [4.69, 9.17) is 19.3 Å². The Kier molecular flexibility index (Phi) is 6.66. The number of sulfone groups is 1. The molecule has 0 unspecified atom stereocenters. The van der Waals surface area contributed by atoms with E-state index in [1.165, 1.54) is 38.7 Å². The van der Waals surface area contributed by atoms with E-state index >= 15 is 0 Å². The van der Waals surface area contributed by atoms with Crippen LogP contribution in [0.15, 0.2) is 35.5 Å². The summed E-state index contributed by atoms with van der Waals surface area (Å²) < 4.78 is 57.6. The fraction of sp³-hybridized carbons (Fsp3) is 0.409. The fourth-order valence-electron chi connectivity index (χ4n) is 3.16. The zero-order valence-corrected chi connectivity index (χ0v) is 19.5. The minimum Gasteiger partial charge on any atom is -0.495 e. The summed E-state index contributed by atoms with van der Waals surface area (Å²) >= 11 is 0. The molecule has 32 heavy (non-hydrogen) atoms. The van der Waals surface area contributed by atoms with Gasteiger partial charge in [0.25, 0.3) is 0 Å². The summed E-state index contributed by atoms with van der Waals surface area (Å²) in [5, 5.41) is 8.98. The van der Waals surface area contributed by atoms with Crippen molar-refractivity contribution in [1.29, 1.82) is 0 Å². The Morgan fingerprint density at radius 1 is 1.12 bits per heavy atom. The van der Waals surface area contributed by atoms with E-state index in [9.17, 15) is 12.8 Å². The third-order valence-corrected chi connectivity index (χ3v) is 7.46. The first-order valence-corrected chi connectivity index (χ1v) is 11.4. The molecule has 0 aliphatic rings. The fourth-order valence-corrected chi connectivity index (χ4v) is 4.47. The predicted molar refractivity (Wildman–Crippen MR) is 118 cm³/mol. The van der Waals surface area contributed by atoms with Crippen LogP contribution in [0.4, 0.5) is 4.39 Å². The van der Waals surface area contributed by atoms with Crippen LogP contribution in [0, 0.1) is 5.82 Å². The number of imidazole rings is 1. The number of aromatic nitrogens is 2. The summed E-state index contributed by atoms with van der Waals surface area (Å²) in [6.07, 6.45) is 3.32. The molecule has 0 spiro atoms. The van der Waals surface area contributed by atoms with Gasteiger partial charge in [0.1, 0.15) is 16.3 Å². The van der Waals surface area contributed by atoms with Crippen LogP contribution < -0.4 is 14.2 Å². The van der Waals surface area contributed by atoms with Crippen LogP contribution in [-0.2, 0) is 9.84 Å². The smallest absolute Gasteiger partial charge is 0.196 e. The lowest BCUT2D eigenvalue weighted by atomic mass is 10.1. The molecule has 3 aromatic rings. The molecule has 1 N–H and O–H groups in total. The number of benzene rings is 1. The van der Waals surface area contributed by atoms with E-state index in [0.717, 1.165) is 0 Å². The summed E-state index contributed by atoms with van der Waals surface area (Å²) in [7, 11) is -1.02. The van der Waals surface area contributed by atoms with Crippen molar-refractivity contribution in [3.63, 3.8) is 0 Å². The van der Waals surface area contributed by atoms with Crippen molar-refractivity contribution >= 4 is 15.5 Å². The van der Waals surface area contributed by atoms with Crippen molar-refractivity contribution in [2.45, 2.75) is 36.8 Å². The molecule has 2 aromatic heterocycles. The lowest BCUT2D eigenvalue weighted by molar-refractivity contribution is 0.226. The highest BCUT2D eigenvalue weighted by atomic mass is 32.2. The molecule has 0 amide bonds. The first-order valence-electron chi connectivity index (χ1n) is 9.96. The summed E-state index contributed by atoms with van der Waals surface area (Å²) in [5.74, 6) is -0.353. The van der Waals surface area contributed by atoms with Gasteiger partial charge in [-0.2, -0.15) is 0 Å². The summed E-state index contributed by atoms with van der Waals surface area (Å²) in [5.41, 5.74) is 1.31. The number of hydrogen-bond acceptors (Lipinski definition) is 7. The second kappa shape index (κ2) is 8.95. The quantitative estimate of drug-likeness (QED) is 0.507. The lowest BCUT2D eigenvalue weighted by Gasteiger charge is -2.21. The van der Waals surface area contributed by atoms with Crippen molar-refractivity contribution in [1.82, 2.24) is 9.38 Å². The highest BCUT2D eigenvalue weighted by Crippen LogP contribution is 2.38. The minimum absolute atomic E-state index is 0.00709. The van der Waals surface area contributed by atoms with Gasteiger partial charge in [0, 0.05) is 30.9 Å². The number of pyridine rings is 1. The number of ether oxygens (including phenoxy) is 3. The molecule has 0 fully saturated rings. The van der Waals surface area contributed by atoms with E-state index in [2.05, 4.69) is 4.98 Å². The van der Waals surface area contributed by atoms with Gasteiger partial charge in [0.2, 0.25) is 0 Å². The van der Waals surface area contributed by atoms with Gasteiger partial charge in [-0.05, 0) is 32.9 Å². The first-order chi connectivity index (χ1) is 15.0. The van der Waals surface area contributed by atoms with Gasteiger partial charge in [-0.25, -0.2) is 17.8 Å². The molecule has 0 aliphatic carbocycles. The van der Waals surface area contributed by atoms with Gasteiger partial charge in [-0.1, -0.05) is 0 Å². The topological polar surface area (TPSA) is 99.4 Å². The van der Waals surface area contributed by atoms with Crippen molar-refractivity contribution in [2.24, 2.45) is 0 Å². The van der Waals surface area contributed by atoms with E-state index in [1.807, 2.05) is 0 Å². The van der Waals surface area contributed by atoms with Crippen LogP contribution >= 0.6 is 0 Å². The van der Waals surface area contributed by atoms with E-state index in [-0.39, 0.29) is 35.4 Å². The second-order valence-electron chi connectivity index (χ2n) is 8.11. The van der Waals surface area contributed by atoms with Gasteiger partial charge in [0.05, 0.1) is 37.5 Å². The van der Waals surface area contributed by atoms with E-state index in [0.29, 0.717) is 23.3 Å². The monoisotopic (exact) mass is 466 g/mol. The van der Waals surface area contributed by atoms with E-state index in [1.54, 1.807) is 31.2 Å².